The average Bonchev–Trinajstić information content (AvgIpc) is 2.87. The van der Waals surface area contributed by atoms with Gasteiger partial charge in [-0.25, -0.2) is 4.98 Å². The molecule has 0 amide bonds. The van der Waals surface area contributed by atoms with Gasteiger partial charge in [0.05, 0.1) is 12.1 Å². The Morgan fingerprint density at radius 2 is 1.95 bits per heavy atom. The number of rotatable bonds is 3. The summed E-state index contributed by atoms with van der Waals surface area (Å²) >= 11 is 1.58. The lowest BCUT2D eigenvalue weighted by Gasteiger charge is -2.09. The highest BCUT2D eigenvalue weighted by Crippen LogP contribution is 2.19. The maximum Gasteiger partial charge on any atom is 0.193 e. The van der Waals surface area contributed by atoms with Gasteiger partial charge in [0.25, 0.3) is 0 Å². The Morgan fingerprint density at radius 1 is 1.25 bits per heavy atom. The Kier molecular flexibility index (Phi) is 3.18. The fourth-order valence-corrected chi connectivity index (χ4v) is 3.45. The van der Waals surface area contributed by atoms with E-state index < -0.39 is 0 Å². The average molecular weight is 284 g/mol. The molecule has 0 aliphatic heterocycles. The number of hydrogen-bond donors (Lipinski definition) is 0. The van der Waals surface area contributed by atoms with E-state index in [-0.39, 0.29) is 5.78 Å². The van der Waals surface area contributed by atoms with Crippen LogP contribution in [0.3, 0.4) is 0 Å². The molecule has 0 spiro atoms. The molecule has 0 saturated carbocycles. The Balaban J connectivity index is 1.91. The molecular weight excluding hydrogens is 268 g/mol. The van der Waals surface area contributed by atoms with Crippen LogP contribution in [0, 0.1) is 20.8 Å². The van der Waals surface area contributed by atoms with Gasteiger partial charge in [0, 0.05) is 23.3 Å². The van der Waals surface area contributed by atoms with Crippen molar-refractivity contribution in [1.29, 1.82) is 0 Å². The molecule has 4 heteroatoms. The van der Waals surface area contributed by atoms with E-state index in [0.29, 0.717) is 6.42 Å². The Bertz CT molecular complexity index is 746. The second kappa shape index (κ2) is 4.87. The highest BCUT2D eigenvalue weighted by molar-refractivity contribution is 7.15. The molecule has 0 bridgehead atoms. The van der Waals surface area contributed by atoms with Crippen LogP contribution in [0.25, 0.3) is 4.96 Å². The van der Waals surface area contributed by atoms with Gasteiger partial charge in [0.2, 0.25) is 0 Å². The summed E-state index contributed by atoms with van der Waals surface area (Å²) in [6.07, 6.45) is 4.26. The number of hydrogen-bond acceptors (Lipinski definition) is 3. The van der Waals surface area contributed by atoms with Gasteiger partial charge in [-0.3, -0.25) is 9.20 Å². The molecule has 20 heavy (non-hydrogen) atoms. The number of ketones is 1. The molecule has 3 nitrogen and oxygen atoms in total. The molecule has 2 aromatic heterocycles. The van der Waals surface area contributed by atoms with Gasteiger partial charge in [-0.05, 0) is 31.9 Å². The second-order valence-corrected chi connectivity index (χ2v) is 6.07. The van der Waals surface area contributed by atoms with E-state index in [2.05, 4.69) is 24.0 Å². The first-order valence-corrected chi connectivity index (χ1v) is 7.44. The van der Waals surface area contributed by atoms with Crippen LogP contribution in [0.15, 0.2) is 29.9 Å². The van der Waals surface area contributed by atoms with Crippen LogP contribution in [-0.2, 0) is 6.42 Å². The molecule has 0 radical (unpaired) electrons. The number of carbonyl (C=O) groups is 1. The summed E-state index contributed by atoms with van der Waals surface area (Å²) in [5, 5.41) is 1.99. The van der Waals surface area contributed by atoms with Crippen molar-refractivity contribution in [3.05, 3.63) is 57.9 Å². The highest BCUT2D eigenvalue weighted by atomic mass is 32.1. The molecule has 0 N–H and O–H groups in total. The molecule has 0 fully saturated rings. The van der Waals surface area contributed by atoms with Gasteiger partial charge < -0.3 is 0 Å². The standard InChI is InChI=1S/C16H16N2OS/c1-10-6-11(2)15(12(3)7-10)14(19)8-13-9-18-4-5-20-16(18)17-13/h4-7,9H,8H2,1-3H3. The first-order valence-electron chi connectivity index (χ1n) is 6.56. The predicted octanol–water partition coefficient (Wildman–Crippen LogP) is 3.75. The summed E-state index contributed by atoms with van der Waals surface area (Å²) in [6.45, 7) is 6.05. The van der Waals surface area contributed by atoms with Crippen molar-refractivity contribution in [1.82, 2.24) is 9.38 Å². The lowest BCUT2D eigenvalue weighted by molar-refractivity contribution is 0.0991. The van der Waals surface area contributed by atoms with Crippen molar-refractivity contribution in [3.8, 4) is 0 Å². The van der Waals surface area contributed by atoms with Crippen molar-refractivity contribution < 1.29 is 4.79 Å². The fourth-order valence-electron chi connectivity index (χ4n) is 2.73. The Morgan fingerprint density at radius 3 is 2.60 bits per heavy atom. The minimum Gasteiger partial charge on any atom is -0.297 e. The zero-order valence-electron chi connectivity index (χ0n) is 11.8. The van der Waals surface area contributed by atoms with Gasteiger partial charge in [-0.1, -0.05) is 17.7 Å². The lowest BCUT2D eigenvalue weighted by atomic mass is 9.95. The first kappa shape index (κ1) is 13.1. The highest BCUT2D eigenvalue weighted by Gasteiger charge is 2.15. The number of fused-ring (bicyclic) bond motifs is 1. The van der Waals surface area contributed by atoms with E-state index in [9.17, 15) is 4.79 Å². The molecular formula is C16H16N2OS. The molecule has 0 saturated heterocycles. The topological polar surface area (TPSA) is 34.4 Å². The molecule has 0 aliphatic carbocycles. The molecule has 3 rings (SSSR count). The van der Waals surface area contributed by atoms with Crippen LogP contribution in [0.4, 0.5) is 0 Å². The summed E-state index contributed by atoms with van der Waals surface area (Å²) < 4.78 is 1.96. The molecule has 3 aromatic rings. The van der Waals surface area contributed by atoms with Gasteiger partial charge in [0.1, 0.15) is 0 Å². The zero-order chi connectivity index (χ0) is 14.3. The lowest BCUT2D eigenvalue weighted by Crippen LogP contribution is -2.08. The number of Topliss-reactive ketones (excluding diaryl/α,β-unsaturated/α-hetero) is 1. The van der Waals surface area contributed by atoms with Gasteiger partial charge in [-0.15, -0.1) is 11.3 Å². The monoisotopic (exact) mass is 284 g/mol. The summed E-state index contributed by atoms with van der Waals surface area (Å²) in [5.41, 5.74) is 4.97. The van der Waals surface area contributed by atoms with Crippen LogP contribution in [-0.4, -0.2) is 15.2 Å². The van der Waals surface area contributed by atoms with Gasteiger partial charge >= 0.3 is 0 Å². The molecule has 102 valence electrons. The Hall–Kier alpha value is -1.94. The number of thiazole rings is 1. The smallest absolute Gasteiger partial charge is 0.193 e. The Labute approximate surface area is 121 Å². The largest absolute Gasteiger partial charge is 0.297 e. The summed E-state index contributed by atoms with van der Waals surface area (Å²) in [4.78, 5) is 17.9. The number of aromatic nitrogens is 2. The van der Waals surface area contributed by atoms with Crippen molar-refractivity contribution in [2.75, 3.05) is 0 Å². The maximum absolute atomic E-state index is 12.5. The molecule has 0 atom stereocenters. The fraction of sp³-hybridized carbons (Fsp3) is 0.250. The van der Waals surface area contributed by atoms with Crippen LogP contribution in [0.1, 0.15) is 32.7 Å². The minimum absolute atomic E-state index is 0.144. The molecule has 0 aliphatic rings. The number of benzene rings is 1. The summed E-state index contributed by atoms with van der Waals surface area (Å²) in [7, 11) is 0. The number of nitrogens with zero attached hydrogens (tertiary/aromatic N) is 2. The van der Waals surface area contributed by atoms with E-state index in [1.165, 1.54) is 5.56 Å². The molecule has 1 aromatic carbocycles. The summed E-state index contributed by atoms with van der Waals surface area (Å²) in [5.74, 6) is 0.144. The first-order chi connectivity index (χ1) is 9.54. The van der Waals surface area contributed by atoms with E-state index in [0.717, 1.165) is 27.3 Å². The molecule has 0 unspecified atom stereocenters. The second-order valence-electron chi connectivity index (χ2n) is 5.20. The molecule has 2 heterocycles. The predicted molar refractivity (Wildman–Crippen MR) is 81.8 cm³/mol. The van der Waals surface area contributed by atoms with Crippen molar-refractivity contribution in [2.24, 2.45) is 0 Å². The van der Waals surface area contributed by atoms with Crippen molar-refractivity contribution in [2.45, 2.75) is 27.2 Å². The van der Waals surface area contributed by atoms with Gasteiger partial charge in [0.15, 0.2) is 10.7 Å². The van der Waals surface area contributed by atoms with E-state index >= 15 is 0 Å². The zero-order valence-corrected chi connectivity index (χ0v) is 12.6. The number of carbonyl (C=O) groups excluding carboxylic acids is 1. The third-order valence-electron chi connectivity index (χ3n) is 3.44. The van der Waals surface area contributed by atoms with Crippen LogP contribution in [0.5, 0.6) is 0 Å². The summed E-state index contributed by atoms with van der Waals surface area (Å²) in [6, 6.07) is 4.12. The minimum atomic E-state index is 0.144. The van der Waals surface area contributed by atoms with Crippen molar-refractivity contribution >= 4 is 22.1 Å². The number of imidazole rings is 1. The SMILES string of the molecule is Cc1cc(C)c(C(=O)Cc2cn3ccsc3n2)c(C)c1. The quantitative estimate of drug-likeness (QED) is 0.687. The van der Waals surface area contributed by atoms with Crippen LogP contribution < -0.4 is 0 Å². The number of aryl methyl sites for hydroxylation is 3. The van der Waals surface area contributed by atoms with E-state index in [4.69, 9.17) is 0 Å². The van der Waals surface area contributed by atoms with E-state index in [1.54, 1.807) is 11.3 Å². The maximum atomic E-state index is 12.5. The van der Waals surface area contributed by atoms with Crippen LogP contribution in [0.2, 0.25) is 0 Å². The van der Waals surface area contributed by atoms with Gasteiger partial charge in [-0.2, -0.15) is 0 Å². The third-order valence-corrected chi connectivity index (χ3v) is 4.21. The van der Waals surface area contributed by atoms with E-state index in [1.807, 2.05) is 36.0 Å². The third kappa shape index (κ3) is 2.27. The van der Waals surface area contributed by atoms with Crippen molar-refractivity contribution in [3.63, 3.8) is 0 Å². The van der Waals surface area contributed by atoms with Crippen LogP contribution >= 0.6 is 11.3 Å². The normalized spacial score (nSPS) is 11.2.